The van der Waals surface area contributed by atoms with E-state index in [-0.39, 0.29) is 6.10 Å². The minimum Gasteiger partial charge on any atom is -0.382 e. The SMILES string of the molecule is COC(C)CNc1ccnc2cc(C(F)(F)F)ccc12. The molecule has 0 radical (unpaired) electrons. The molecule has 1 heterocycles. The molecule has 0 aliphatic carbocycles. The summed E-state index contributed by atoms with van der Waals surface area (Å²) in [6.45, 7) is 2.47. The Morgan fingerprint density at radius 2 is 2.05 bits per heavy atom. The van der Waals surface area contributed by atoms with Crippen LogP contribution in [0.25, 0.3) is 10.9 Å². The van der Waals surface area contributed by atoms with Crippen LogP contribution in [0.1, 0.15) is 12.5 Å². The van der Waals surface area contributed by atoms with Gasteiger partial charge in [0, 0.05) is 30.9 Å². The summed E-state index contributed by atoms with van der Waals surface area (Å²) in [6.07, 6.45) is -2.86. The number of nitrogens with zero attached hydrogens (tertiary/aromatic N) is 1. The zero-order chi connectivity index (χ0) is 14.8. The number of hydrogen-bond acceptors (Lipinski definition) is 3. The molecule has 0 aliphatic rings. The van der Waals surface area contributed by atoms with Gasteiger partial charge in [-0.15, -0.1) is 0 Å². The predicted molar refractivity (Wildman–Crippen MR) is 71.7 cm³/mol. The molecule has 1 aromatic heterocycles. The summed E-state index contributed by atoms with van der Waals surface area (Å²) >= 11 is 0. The van der Waals surface area contributed by atoms with Crippen molar-refractivity contribution in [3.63, 3.8) is 0 Å². The first-order valence-corrected chi connectivity index (χ1v) is 6.14. The Morgan fingerprint density at radius 3 is 2.70 bits per heavy atom. The summed E-state index contributed by atoms with van der Waals surface area (Å²) in [5, 5.41) is 3.81. The van der Waals surface area contributed by atoms with Crippen molar-refractivity contribution in [1.82, 2.24) is 4.98 Å². The Bertz CT molecular complexity index is 598. The molecule has 0 fully saturated rings. The summed E-state index contributed by atoms with van der Waals surface area (Å²) in [4.78, 5) is 3.99. The van der Waals surface area contributed by atoms with Gasteiger partial charge in [-0.25, -0.2) is 0 Å². The van der Waals surface area contributed by atoms with Gasteiger partial charge in [0.15, 0.2) is 0 Å². The average Bonchev–Trinajstić information content (AvgIpc) is 2.43. The molecule has 0 spiro atoms. The number of hydrogen-bond donors (Lipinski definition) is 1. The molecule has 0 aliphatic heterocycles. The number of pyridine rings is 1. The molecular formula is C14H15F3N2O. The molecule has 1 aromatic carbocycles. The Morgan fingerprint density at radius 1 is 1.30 bits per heavy atom. The van der Waals surface area contributed by atoms with Crippen LogP contribution in [0.5, 0.6) is 0 Å². The Kier molecular flexibility index (Phi) is 4.13. The predicted octanol–water partition coefficient (Wildman–Crippen LogP) is 3.70. The number of methoxy groups -OCH3 is 1. The summed E-state index contributed by atoms with van der Waals surface area (Å²) in [7, 11) is 1.60. The van der Waals surface area contributed by atoms with Gasteiger partial charge < -0.3 is 10.1 Å². The van der Waals surface area contributed by atoms with Crippen molar-refractivity contribution < 1.29 is 17.9 Å². The third kappa shape index (κ3) is 3.19. The van der Waals surface area contributed by atoms with Gasteiger partial charge in [-0.2, -0.15) is 13.2 Å². The summed E-state index contributed by atoms with van der Waals surface area (Å²) in [6, 6.07) is 5.29. The highest BCUT2D eigenvalue weighted by atomic mass is 19.4. The number of alkyl halides is 3. The largest absolute Gasteiger partial charge is 0.416 e. The van der Waals surface area contributed by atoms with Gasteiger partial charge in [-0.3, -0.25) is 4.98 Å². The van der Waals surface area contributed by atoms with Crippen LogP contribution in [-0.4, -0.2) is 24.7 Å². The van der Waals surface area contributed by atoms with E-state index < -0.39 is 11.7 Å². The van der Waals surface area contributed by atoms with E-state index in [0.717, 1.165) is 17.8 Å². The highest BCUT2D eigenvalue weighted by Gasteiger charge is 2.30. The lowest BCUT2D eigenvalue weighted by atomic mass is 10.1. The second kappa shape index (κ2) is 5.66. The maximum atomic E-state index is 12.7. The lowest BCUT2D eigenvalue weighted by molar-refractivity contribution is -0.137. The minimum atomic E-state index is -4.36. The van der Waals surface area contributed by atoms with Crippen LogP contribution in [-0.2, 0) is 10.9 Å². The number of aromatic nitrogens is 1. The second-order valence-electron chi connectivity index (χ2n) is 4.52. The van der Waals surface area contributed by atoms with Gasteiger partial charge >= 0.3 is 6.18 Å². The third-order valence-electron chi connectivity index (χ3n) is 3.05. The number of rotatable bonds is 4. The van der Waals surface area contributed by atoms with Crippen molar-refractivity contribution in [2.45, 2.75) is 19.2 Å². The second-order valence-corrected chi connectivity index (χ2v) is 4.52. The summed E-state index contributed by atoms with van der Waals surface area (Å²) in [5.74, 6) is 0. The third-order valence-corrected chi connectivity index (χ3v) is 3.05. The molecule has 2 aromatic rings. The zero-order valence-electron chi connectivity index (χ0n) is 11.2. The maximum absolute atomic E-state index is 12.7. The fourth-order valence-electron chi connectivity index (χ4n) is 1.82. The molecule has 6 heteroatoms. The van der Waals surface area contributed by atoms with Crippen molar-refractivity contribution in [2.24, 2.45) is 0 Å². The van der Waals surface area contributed by atoms with E-state index in [0.29, 0.717) is 17.4 Å². The van der Waals surface area contributed by atoms with Crippen LogP contribution in [0.3, 0.4) is 0 Å². The van der Waals surface area contributed by atoms with Gasteiger partial charge in [-0.05, 0) is 25.1 Å². The van der Waals surface area contributed by atoms with Crippen LogP contribution in [0.15, 0.2) is 30.5 Å². The molecule has 1 atom stereocenters. The highest BCUT2D eigenvalue weighted by Crippen LogP contribution is 2.32. The first-order chi connectivity index (χ1) is 9.41. The van der Waals surface area contributed by atoms with Crippen LogP contribution < -0.4 is 5.32 Å². The first-order valence-electron chi connectivity index (χ1n) is 6.14. The topological polar surface area (TPSA) is 34.1 Å². The average molecular weight is 284 g/mol. The minimum absolute atomic E-state index is 0.00710. The molecule has 1 N–H and O–H groups in total. The molecule has 20 heavy (non-hydrogen) atoms. The van der Waals surface area contributed by atoms with Gasteiger partial charge in [0.1, 0.15) is 0 Å². The van der Waals surface area contributed by atoms with Gasteiger partial charge in [0.25, 0.3) is 0 Å². The number of halogens is 3. The number of benzene rings is 1. The normalized spacial score (nSPS) is 13.4. The van der Waals surface area contributed by atoms with E-state index in [1.54, 1.807) is 13.2 Å². The van der Waals surface area contributed by atoms with E-state index in [1.165, 1.54) is 12.3 Å². The van der Waals surface area contributed by atoms with Crippen LogP contribution in [0, 0.1) is 0 Å². The molecule has 2 rings (SSSR count). The standard InChI is InChI=1S/C14H15F3N2O/c1-9(20-2)8-19-12-5-6-18-13-7-10(14(15,16)17)3-4-11(12)13/h3-7,9H,8H2,1-2H3,(H,18,19). The molecule has 0 amide bonds. The van der Waals surface area contributed by atoms with E-state index in [2.05, 4.69) is 10.3 Å². The van der Waals surface area contributed by atoms with Crippen molar-refractivity contribution in [3.8, 4) is 0 Å². The van der Waals surface area contributed by atoms with Gasteiger partial charge in [0.05, 0.1) is 17.2 Å². The fraction of sp³-hybridized carbons (Fsp3) is 0.357. The molecule has 3 nitrogen and oxygen atoms in total. The van der Waals surface area contributed by atoms with Crippen molar-refractivity contribution in [3.05, 3.63) is 36.0 Å². The Balaban J connectivity index is 2.34. The Hall–Kier alpha value is -1.82. The van der Waals surface area contributed by atoms with Crippen molar-refractivity contribution in [1.29, 1.82) is 0 Å². The maximum Gasteiger partial charge on any atom is 0.416 e. The van der Waals surface area contributed by atoms with Gasteiger partial charge in [-0.1, -0.05) is 6.07 Å². The Labute approximate surface area is 114 Å². The van der Waals surface area contributed by atoms with Gasteiger partial charge in [0.2, 0.25) is 0 Å². The van der Waals surface area contributed by atoms with E-state index in [1.807, 2.05) is 6.92 Å². The molecule has 0 saturated carbocycles. The zero-order valence-corrected chi connectivity index (χ0v) is 11.2. The molecule has 1 unspecified atom stereocenters. The van der Waals surface area contributed by atoms with E-state index in [4.69, 9.17) is 4.74 Å². The molecular weight excluding hydrogens is 269 g/mol. The number of nitrogens with one attached hydrogen (secondary N) is 1. The lowest BCUT2D eigenvalue weighted by Crippen LogP contribution is -2.18. The molecule has 0 saturated heterocycles. The summed E-state index contributed by atoms with van der Waals surface area (Å²) < 4.78 is 43.1. The number of anilines is 1. The molecule has 108 valence electrons. The number of fused-ring (bicyclic) bond motifs is 1. The fourth-order valence-corrected chi connectivity index (χ4v) is 1.82. The highest BCUT2D eigenvalue weighted by molar-refractivity contribution is 5.91. The first kappa shape index (κ1) is 14.6. The van der Waals surface area contributed by atoms with Crippen molar-refractivity contribution in [2.75, 3.05) is 19.0 Å². The van der Waals surface area contributed by atoms with Crippen molar-refractivity contribution >= 4 is 16.6 Å². The lowest BCUT2D eigenvalue weighted by Gasteiger charge is -2.14. The smallest absolute Gasteiger partial charge is 0.382 e. The monoisotopic (exact) mass is 284 g/mol. The molecule has 0 bridgehead atoms. The van der Waals surface area contributed by atoms with Crippen LogP contribution in [0.4, 0.5) is 18.9 Å². The summed E-state index contributed by atoms with van der Waals surface area (Å²) in [5.41, 5.74) is 0.363. The van der Waals surface area contributed by atoms with Crippen LogP contribution in [0.2, 0.25) is 0 Å². The van der Waals surface area contributed by atoms with E-state index in [9.17, 15) is 13.2 Å². The van der Waals surface area contributed by atoms with Crippen LogP contribution >= 0.6 is 0 Å². The quantitative estimate of drug-likeness (QED) is 0.929. The number of ether oxygens (including phenoxy) is 1. The van der Waals surface area contributed by atoms with E-state index >= 15 is 0 Å².